The van der Waals surface area contributed by atoms with Gasteiger partial charge in [-0.25, -0.2) is 0 Å². The van der Waals surface area contributed by atoms with Gasteiger partial charge in [0.1, 0.15) is 5.75 Å². The monoisotopic (exact) mass is 372 g/mol. The maximum absolute atomic E-state index is 6.22. The van der Waals surface area contributed by atoms with Gasteiger partial charge in [0.25, 0.3) is 0 Å². The zero-order chi connectivity index (χ0) is 18.7. The largest absolute Gasteiger partial charge is 0.497 e. The van der Waals surface area contributed by atoms with Crippen molar-refractivity contribution in [2.24, 2.45) is 0 Å². The first-order valence-electron chi connectivity index (χ1n) is 7.81. The maximum Gasteiger partial charge on any atom is 0.203 e. The minimum absolute atomic E-state index is 0.550. The Morgan fingerprint density at radius 3 is 2.08 bits per heavy atom. The fourth-order valence-electron chi connectivity index (χ4n) is 2.76. The predicted molar refractivity (Wildman–Crippen MR) is 104 cm³/mol. The number of nitrogen functional groups attached to an aromatic ring is 1. The van der Waals surface area contributed by atoms with E-state index < -0.39 is 0 Å². The SMILES string of the molecule is COc1ccc(-c2cnsc2-c2cc(OC)c(OC)c(OC)c2)c(N)c1. The summed E-state index contributed by atoms with van der Waals surface area (Å²) in [7, 11) is 6.38. The standard InChI is InChI=1S/C19H20N2O4S/c1-22-12-5-6-13(15(20)9-12)14-10-21-26-19(14)11-7-16(23-2)18(25-4)17(8-11)24-3/h5-10H,20H2,1-4H3. The summed E-state index contributed by atoms with van der Waals surface area (Å²) in [6.45, 7) is 0. The van der Waals surface area contributed by atoms with Gasteiger partial charge in [-0.05, 0) is 35.8 Å². The highest BCUT2D eigenvalue weighted by atomic mass is 32.1. The van der Waals surface area contributed by atoms with Crippen LogP contribution in [0, 0.1) is 0 Å². The van der Waals surface area contributed by atoms with Crippen LogP contribution < -0.4 is 24.7 Å². The molecule has 2 aromatic carbocycles. The first kappa shape index (κ1) is 17.9. The number of nitrogens with zero attached hydrogens (tertiary/aromatic N) is 1. The van der Waals surface area contributed by atoms with Gasteiger partial charge in [-0.15, -0.1) is 0 Å². The smallest absolute Gasteiger partial charge is 0.203 e. The van der Waals surface area contributed by atoms with Crippen molar-refractivity contribution < 1.29 is 18.9 Å². The molecule has 2 N–H and O–H groups in total. The van der Waals surface area contributed by atoms with E-state index >= 15 is 0 Å². The van der Waals surface area contributed by atoms with Crippen LogP contribution in [0.3, 0.4) is 0 Å². The highest BCUT2D eigenvalue weighted by molar-refractivity contribution is 7.10. The molecule has 3 rings (SSSR count). The molecule has 0 amide bonds. The third kappa shape index (κ3) is 3.13. The molecule has 0 aliphatic heterocycles. The molecular formula is C19H20N2O4S. The normalized spacial score (nSPS) is 10.5. The second-order valence-electron chi connectivity index (χ2n) is 5.44. The Morgan fingerprint density at radius 1 is 0.846 bits per heavy atom. The van der Waals surface area contributed by atoms with E-state index in [2.05, 4.69) is 4.37 Å². The lowest BCUT2D eigenvalue weighted by molar-refractivity contribution is 0.324. The molecular weight excluding hydrogens is 352 g/mol. The molecule has 26 heavy (non-hydrogen) atoms. The fraction of sp³-hybridized carbons (Fsp3) is 0.211. The number of aromatic nitrogens is 1. The molecule has 6 nitrogen and oxygen atoms in total. The summed E-state index contributed by atoms with van der Waals surface area (Å²) in [6.07, 6.45) is 1.81. The Morgan fingerprint density at radius 2 is 1.54 bits per heavy atom. The van der Waals surface area contributed by atoms with E-state index in [1.807, 2.05) is 24.3 Å². The van der Waals surface area contributed by atoms with Crippen LogP contribution in [0.4, 0.5) is 5.69 Å². The second kappa shape index (κ2) is 7.53. The number of rotatable bonds is 6. The predicted octanol–water partition coefficient (Wildman–Crippen LogP) is 4.09. The number of methoxy groups -OCH3 is 4. The first-order valence-corrected chi connectivity index (χ1v) is 8.59. The van der Waals surface area contributed by atoms with Gasteiger partial charge in [0.15, 0.2) is 11.5 Å². The minimum atomic E-state index is 0.550. The average Bonchev–Trinajstić information content (AvgIpc) is 3.15. The molecule has 3 aromatic rings. The van der Waals surface area contributed by atoms with Crippen molar-refractivity contribution in [3.63, 3.8) is 0 Å². The van der Waals surface area contributed by atoms with Crippen molar-refractivity contribution in [3.05, 3.63) is 36.5 Å². The lowest BCUT2D eigenvalue weighted by Crippen LogP contribution is -1.96. The van der Waals surface area contributed by atoms with Gasteiger partial charge in [0.2, 0.25) is 5.75 Å². The van der Waals surface area contributed by atoms with Crippen molar-refractivity contribution in [3.8, 4) is 44.6 Å². The molecule has 0 bridgehead atoms. The molecule has 0 unspecified atom stereocenters. The zero-order valence-electron chi connectivity index (χ0n) is 15.0. The van der Waals surface area contributed by atoms with Crippen LogP contribution in [-0.2, 0) is 0 Å². The third-order valence-corrected chi connectivity index (χ3v) is 4.90. The van der Waals surface area contributed by atoms with Gasteiger partial charge in [0.05, 0.1) is 33.3 Å². The van der Waals surface area contributed by atoms with E-state index in [0.717, 1.165) is 21.6 Å². The Hall–Kier alpha value is -2.93. The van der Waals surface area contributed by atoms with Crippen LogP contribution >= 0.6 is 11.5 Å². The number of nitrogens with two attached hydrogens (primary N) is 1. The number of anilines is 1. The second-order valence-corrected chi connectivity index (χ2v) is 6.24. The van der Waals surface area contributed by atoms with Crippen LogP contribution in [0.15, 0.2) is 36.5 Å². The molecule has 136 valence electrons. The summed E-state index contributed by atoms with van der Waals surface area (Å²) in [5, 5.41) is 0. The molecule has 1 heterocycles. The summed E-state index contributed by atoms with van der Waals surface area (Å²) in [5.41, 5.74) is 9.58. The summed E-state index contributed by atoms with van der Waals surface area (Å²) in [4.78, 5) is 0.959. The average molecular weight is 372 g/mol. The van der Waals surface area contributed by atoms with Crippen LogP contribution in [0.1, 0.15) is 0 Å². The summed E-state index contributed by atoms with van der Waals surface area (Å²) in [5.74, 6) is 2.44. The molecule has 0 radical (unpaired) electrons. The molecule has 0 atom stereocenters. The van der Waals surface area contributed by atoms with Crippen molar-refractivity contribution in [1.82, 2.24) is 4.37 Å². The van der Waals surface area contributed by atoms with Crippen LogP contribution in [0.5, 0.6) is 23.0 Å². The number of benzene rings is 2. The fourth-order valence-corrected chi connectivity index (χ4v) is 3.51. The van der Waals surface area contributed by atoms with Crippen molar-refractivity contribution in [2.45, 2.75) is 0 Å². The van der Waals surface area contributed by atoms with Gasteiger partial charge in [-0.1, -0.05) is 0 Å². The van der Waals surface area contributed by atoms with E-state index in [0.29, 0.717) is 28.7 Å². The van der Waals surface area contributed by atoms with E-state index in [-0.39, 0.29) is 0 Å². The topological polar surface area (TPSA) is 75.8 Å². The molecule has 0 spiro atoms. The third-order valence-electron chi connectivity index (χ3n) is 4.05. The van der Waals surface area contributed by atoms with Gasteiger partial charge in [-0.2, -0.15) is 4.37 Å². The number of hydrogen-bond acceptors (Lipinski definition) is 7. The van der Waals surface area contributed by atoms with Gasteiger partial charge in [-0.3, -0.25) is 0 Å². The van der Waals surface area contributed by atoms with Gasteiger partial charge in [0, 0.05) is 34.6 Å². The van der Waals surface area contributed by atoms with E-state index in [4.69, 9.17) is 24.7 Å². The summed E-state index contributed by atoms with van der Waals surface area (Å²) in [6, 6.07) is 9.41. The van der Waals surface area contributed by atoms with E-state index in [1.165, 1.54) is 11.5 Å². The maximum atomic E-state index is 6.22. The van der Waals surface area contributed by atoms with Crippen molar-refractivity contribution >= 4 is 17.2 Å². The van der Waals surface area contributed by atoms with Crippen LogP contribution in [-0.4, -0.2) is 32.8 Å². The Labute approximate surface area is 156 Å². The van der Waals surface area contributed by atoms with Gasteiger partial charge >= 0.3 is 0 Å². The minimum Gasteiger partial charge on any atom is -0.497 e. The molecule has 0 fully saturated rings. The lowest BCUT2D eigenvalue weighted by Gasteiger charge is -2.14. The number of ether oxygens (including phenoxy) is 4. The van der Waals surface area contributed by atoms with Crippen molar-refractivity contribution in [1.29, 1.82) is 0 Å². The molecule has 7 heteroatoms. The molecule has 0 aliphatic carbocycles. The lowest BCUT2D eigenvalue weighted by atomic mass is 10.0. The Bertz CT molecular complexity index is 899. The zero-order valence-corrected chi connectivity index (χ0v) is 15.8. The van der Waals surface area contributed by atoms with Crippen LogP contribution in [0.25, 0.3) is 21.6 Å². The number of hydrogen-bond donors (Lipinski definition) is 1. The quantitative estimate of drug-likeness (QED) is 0.657. The molecule has 1 aromatic heterocycles. The molecule has 0 saturated heterocycles. The molecule has 0 saturated carbocycles. The van der Waals surface area contributed by atoms with Crippen molar-refractivity contribution in [2.75, 3.05) is 34.2 Å². The van der Waals surface area contributed by atoms with Gasteiger partial charge < -0.3 is 24.7 Å². The highest BCUT2D eigenvalue weighted by Gasteiger charge is 2.19. The summed E-state index contributed by atoms with van der Waals surface area (Å²) >= 11 is 1.38. The summed E-state index contributed by atoms with van der Waals surface area (Å²) < 4.78 is 25.9. The van der Waals surface area contributed by atoms with E-state index in [1.54, 1.807) is 40.7 Å². The Kier molecular flexibility index (Phi) is 5.18. The molecule has 0 aliphatic rings. The highest BCUT2D eigenvalue weighted by Crippen LogP contribution is 2.45. The first-order chi connectivity index (χ1) is 12.6. The Balaban J connectivity index is 2.15. The van der Waals surface area contributed by atoms with E-state index in [9.17, 15) is 0 Å². The van der Waals surface area contributed by atoms with Crippen LogP contribution in [0.2, 0.25) is 0 Å².